The summed E-state index contributed by atoms with van der Waals surface area (Å²) in [4.78, 5) is 0. The summed E-state index contributed by atoms with van der Waals surface area (Å²) in [6.07, 6.45) is 2.83. The molecule has 0 aliphatic heterocycles. The van der Waals surface area contributed by atoms with E-state index in [1.165, 1.54) is 59.1 Å². The van der Waals surface area contributed by atoms with Gasteiger partial charge >= 0.3 is 0 Å². The second-order valence-electron chi connectivity index (χ2n) is 10.6. The average Bonchev–Trinajstić information content (AvgIpc) is 3.56. The smallest absolute Gasteiger partial charge is 0.105 e. The number of aromatic nitrogens is 3. The van der Waals surface area contributed by atoms with E-state index in [9.17, 15) is 0 Å². The first kappa shape index (κ1) is 23.2. The molecule has 0 spiro atoms. The van der Waals surface area contributed by atoms with Gasteiger partial charge in [-0.25, -0.2) is 0 Å². The lowest BCUT2D eigenvalue weighted by atomic mass is 9.85. The molecule has 0 N–H and O–H groups in total. The van der Waals surface area contributed by atoms with Crippen molar-refractivity contribution in [3.05, 3.63) is 126 Å². The first-order valence-electron chi connectivity index (χ1n) is 13.6. The van der Waals surface area contributed by atoms with Crippen molar-refractivity contribution < 1.29 is 0 Å². The number of hydrogen-bond acceptors (Lipinski definition) is 4. The molecule has 40 heavy (non-hydrogen) atoms. The van der Waals surface area contributed by atoms with Crippen LogP contribution in [0.3, 0.4) is 0 Å². The van der Waals surface area contributed by atoms with Gasteiger partial charge in [-0.3, -0.25) is 0 Å². The average molecular weight is 532 g/mol. The first-order valence-corrected chi connectivity index (χ1v) is 14.4. The minimum Gasteiger partial charge on any atom is -0.138 e. The quantitative estimate of drug-likeness (QED) is 0.228. The molecule has 7 aromatic rings. The summed E-state index contributed by atoms with van der Waals surface area (Å²) in [7, 11) is 0. The van der Waals surface area contributed by atoms with Crippen LogP contribution in [0.1, 0.15) is 22.3 Å². The lowest BCUT2D eigenvalue weighted by Crippen LogP contribution is -2.02. The van der Waals surface area contributed by atoms with E-state index < -0.39 is 0 Å². The number of nitrogens with zero attached hydrogens (tertiary/aromatic N) is 3. The Morgan fingerprint density at radius 3 is 2.38 bits per heavy atom. The van der Waals surface area contributed by atoms with Gasteiger partial charge in [0, 0.05) is 31.3 Å². The van der Waals surface area contributed by atoms with Crippen molar-refractivity contribution >= 4 is 31.5 Å². The van der Waals surface area contributed by atoms with Crippen LogP contribution in [0.25, 0.3) is 64.8 Å². The van der Waals surface area contributed by atoms with Crippen LogP contribution in [0.4, 0.5) is 0 Å². The third-order valence-corrected chi connectivity index (χ3v) is 9.54. The Morgan fingerprint density at radius 2 is 1.48 bits per heavy atom. The molecule has 0 bridgehead atoms. The summed E-state index contributed by atoms with van der Waals surface area (Å²) < 4.78 is 2.52. The maximum atomic E-state index is 4.84. The molecule has 0 radical (unpaired) electrons. The molecule has 2 aromatic heterocycles. The van der Waals surface area contributed by atoms with Crippen LogP contribution in [0.2, 0.25) is 0 Å². The monoisotopic (exact) mass is 531 g/mol. The van der Waals surface area contributed by atoms with E-state index in [0.29, 0.717) is 0 Å². The Labute approximate surface area is 236 Å². The first-order chi connectivity index (χ1) is 19.7. The van der Waals surface area contributed by atoms with Gasteiger partial charge in [0.15, 0.2) is 0 Å². The molecule has 4 heteroatoms. The van der Waals surface area contributed by atoms with Crippen LogP contribution < -0.4 is 0 Å². The van der Waals surface area contributed by atoms with Crippen LogP contribution in [0.15, 0.2) is 103 Å². The molecule has 0 saturated heterocycles. The molecular formula is C36H25N3S. The van der Waals surface area contributed by atoms with Crippen LogP contribution >= 0.6 is 11.3 Å². The van der Waals surface area contributed by atoms with Crippen molar-refractivity contribution in [2.75, 3.05) is 0 Å². The summed E-state index contributed by atoms with van der Waals surface area (Å²) in [5.41, 5.74) is 14.5. The Kier molecular flexibility index (Phi) is 5.19. The maximum Gasteiger partial charge on any atom is 0.105 e. The molecule has 8 rings (SSSR count). The molecule has 1 aliphatic rings. The van der Waals surface area contributed by atoms with Crippen LogP contribution in [-0.2, 0) is 6.42 Å². The number of aryl methyl sites for hydroxylation is 1. The number of benzene rings is 5. The van der Waals surface area contributed by atoms with Crippen molar-refractivity contribution in [1.82, 2.24) is 15.4 Å². The maximum absolute atomic E-state index is 4.84. The van der Waals surface area contributed by atoms with Crippen molar-refractivity contribution in [3.8, 4) is 44.6 Å². The molecular weight excluding hydrogens is 506 g/mol. The van der Waals surface area contributed by atoms with Gasteiger partial charge in [0.2, 0.25) is 0 Å². The molecule has 0 fully saturated rings. The van der Waals surface area contributed by atoms with E-state index in [-0.39, 0.29) is 0 Å². The van der Waals surface area contributed by atoms with Gasteiger partial charge in [-0.1, -0.05) is 84.9 Å². The molecule has 0 amide bonds. The highest BCUT2D eigenvalue weighted by Gasteiger charge is 2.28. The molecule has 0 unspecified atom stereocenters. The fourth-order valence-corrected chi connectivity index (χ4v) is 7.56. The lowest BCUT2D eigenvalue weighted by molar-refractivity contribution is 0.873. The standard InChI is InChI=1S/C36H25N3S/c1-21-18-28-25-13-7-6-12-24(25)19-29(28)33(22(21)2)30-20-37-39-38-36(30)35-26(23-10-4-3-5-11-23)16-17-32-34(35)27-14-8-9-15-31(27)40-32/h3-18,20H,19H2,1-2H3. The van der Waals surface area contributed by atoms with E-state index in [0.717, 1.165) is 34.4 Å². The SMILES string of the molecule is Cc1cc2c(c(-c3cnnnc3-c3c(-c4ccccc4)ccc4sc5ccccc5c34)c1C)Cc1ccccc1-2. The van der Waals surface area contributed by atoms with E-state index in [4.69, 9.17) is 5.10 Å². The van der Waals surface area contributed by atoms with E-state index >= 15 is 0 Å². The molecule has 0 saturated carbocycles. The number of hydrogen-bond donors (Lipinski definition) is 0. The van der Waals surface area contributed by atoms with Gasteiger partial charge < -0.3 is 0 Å². The number of thiophene rings is 1. The zero-order valence-electron chi connectivity index (χ0n) is 22.3. The van der Waals surface area contributed by atoms with E-state index in [1.54, 1.807) is 0 Å². The van der Waals surface area contributed by atoms with Gasteiger partial charge in [0.1, 0.15) is 5.69 Å². The van der Waals surface area contributed by atoms with Gasteiger partial charge in [0.25, 0.3) is 0 Å². The van der Waals surface area contributed by atoms with Crippen LogP contribution in [0, 0.1) is 13.8 Å². The Morgan fingerprint density at radius 1 is 0.675 bits per heavy atom. The third kappa shape index (κ3) is 3.39. The molecule has 1 aliphatic carbocycles. The summed E-state index contributed by atoms with van der Waals surface area (Å²) >= 11 is 1.83. The topological polar surface area (TPSA) is 38.7 Å². The highest BCUT2D eigenvalue weighted by molar-refractivity contribution is 7.26. The van der Waals surface area contributed by atoms with Gasteiger partial charge in [0.05, 0.1) is 6.20 Å². The van der Waals surface area contributed by atoms with Crippen molar-refractivity contribution in [1.29, 1.82) is 0 Å². The fraction of sp³-hybridized carbons (Fsp3) is 0.0833. The second kappa shape index (κ2) is 8.94. The highest BCUT2D eigenvalue weighted by Crippen LogP contribution is 2.49. The summed E-state index contributed by atoms with van der Waals surface area (Å²) in [6, 6.07) is 34.9. The Hall–Kier alpha value is -4.67. The normalized spacial score (nSPS) is 12.2. The number of rotatable bonds is 3. The highest BCUT2D eigenvalue weighted by atomic mass is 32.1. The van der Waals surface area contributed by atoms with Gasteiger partial charge in [-0.2, -0.15) is 0 Å². The van der Waals surface area contributed by atoms with Gasteiger partial charge in [-0.05, 0) is 87.7 Å². The molecule has 5 aromatic carbocycles. The Balaban J connectivity index is 1.50. The summed E-state index contributed by atoms with van der Waals surface area (Å²) in [5, 5.41) is 15.9. The predicted molar refractivity (Wildman–Crippen MR) is 167 cm³/mol. The fourth-order valence-electron chi connectivity index (χ4n) is 6.44. The zero-order valence-corrected chi connectivity index (χ0v) is 23.1. The van der Waals surface area contributed by atoms with Gasteiger partial charge in [-0.15, -0.1) is 21.5 Å². The van der Waals surface area contributed by atoms with Crippen LogP contribution in [-0.4, -0.2) is 15.4 Å². The molecule has 0 atom stereocenters. The van der Waals surface area contributed by atoms with E-state index in [2.05, 4.69) is 121 Å². The second-order valence-corrected chi connectivity index (χ2v) is 11.7. The Bertz CT molecular complexity index is 2110. The van der Waals surface area contributed by atoms with Crippen molar-refractivity contribution in [3.63, 3.8) is 0 Å². The van der Waals surface area contributed by atoms with Crippen LogP contribution in [0.5, 0.6) is 0 Å². The number of fused-ring (bicyclic) bond motifs is 6. The minimum atomic E-state index is 0.884. The third-order valence-electron chi connectivity index (χ3n) is 8.40. The zero-order chi connectivity index (χ0) is 26.8. The lowest BCUT2D eigenvalue weighted by Gasteiger charge is -2.19. The largest absolute Gasteiger partial charge is 0.138 e. The minimum absolute atomic E-state index is 0.884. The summed E-state index contributed by atoms with van der Waals surface area (Å²) in [5.74, 6) is 0. The molecule has 3 nitrogen and oxygen atoms in total. The molecule has 2 heterocycles. The predicted octanol–water partition coefficient (Wildman–Crippen LogP) is 9.43. The molecule has 190 valence electrons. The van der Waals surface area contributed by atoms with Crippen molar-refractivity contribution in [2.45, 2.75) is 20.3 Å². The van der Waals surface area contributed by atoms with Crippen molar-refractivity contribution in [2.24, 2.45) is 0 Å². The summed E-state index contributed by atoms with van der Waals surface area (Å²) in [6.45, 7) is 4.45. The van der Waals surface area contributed by atoms with E-state index in [1.807, 2.05) is 17.5 Å².